The van der Waals surface area contributed by atoms with Gasteiger partial charge >= 0.3 is 11.9 Å². The third-order valence-electron chi connectivity index (χ3n) is 20.0. The first-order valence-electron chi connectivity index (χ1n) is 23.2. The lowest BCUT2D eigenvalue weighted by atomic mass is 9.32. The van der Waals surface area contributed by atoms with E-state index in [0.29, 0.717) is 41.9 Å². The second kappa shape index (κ2) is 13.8. The van der Waals surface area contributed by atoms with Crippen LogP contribution >= 0.6 is 0 Å². The second-order valence-corrected chi connectivity index (χ2v) is 22.7. The van der Waals surface area contributed by atoms with Gasteiger partial charge in [-0.2, -0.15) is 0 Å². The molecule has 0 unspecified atom stereocenters. The zero-order valence-corrected chi connectivity index (χ0v) is 37.1. The molecule has 59 heavy (non-hydrogen) atoms. The van der Waals surface area contributed by atoms with Crippen molar-refractivity contribution >= 4 is 17.8 Å². The molecule has 9 nitrogen and oxygen atoms in total. The van der Waals surface area contributed by atoms with Crippen LogP contribution in [0.1, 0.15) is 151 Å². The van der Waals surface area contributed by atoms with Crippen molar-refractivity contribution in [2.45, 2.75) is 151 Å². The number of carbonyl (C=O) groups excluding carboxylic acids is 2. The van der Waals surface area contributed by atoms with E-state index < -0.39 is 17.3 Å². The number of hydrogen-bond acceptors (Lipinski definition) is 6. The summed E-state index contributed by atoms with van der Waals surface area (Å²) in [5, 5.41) is 9.70. The number of pyridine rings is 1. The number of rotatable bonds is 7. The van der Waals surface area contributed by atoms with E-state index in [2.05, 4.69) is 63.0 Å². The van der Waals surface area contributed by atoms with Crippen LogP contribution in [-0.2, 0) is 19.1 Å². The highest BCUT2D eigenvalue weighted by atomic mass is 16.5. The van der Waals surface area contributed by atoms with Crippen LogP contribution in [0.3, 0.4) is 0 Å². The quantitative estimate of drug-likeness (QED) is 0.211. The molecule has 9 heteroatoms. The van der Waals surface area contributed by atoms with E-state index in [1.54, 1.807) is 12.4 Å². The van der Waals surface area contributed by atoms with Gasteiger partial charge in [-0.3, -0.25) is 19.4 Å². The van der Waals surface area contributed by atoms with Crippen LogP contribution in [0.2, 0.25) is 0 Å². The van der Waals surface area contributed by atoms with Crippen molar-refractivity contribution in [2.24, 2.45) is 73.9 Å². The molecule has 6 aliphatic carbocycles. The average Bonchev–Trinajstić information content (AvgIpc) is 3.95. The summed E-state index contributed by atoms with van der Waals surface area (Å²) in [6, 6.07) is 3.96. The molecule has 7 fully saturated rings. The number of H-pyrrole nitrogens is 1. The number of carboxylic acids is 1. The van der Waals surface area contributed by atoms with Gasteiger partial charge in [0.05, 0.1) is 35.2 Å². The van der Waals surface area contributed by atoms with Crippen molar-refractivity contribution < 1.29 is 24.2 Å². The number of carbonyl (C=O) groups is 3. The van der Waals surface area contributed by atoms with E-state index in [1.165, 1.54) is 12.0 Å². The molecule has 0 radical (unpaired) electrons. The molecule has 0 aromatic carbocycles. The maximum atomic E-state index is 15.5. The monoisotopic (exact) mass is 807 g/mol. The Morgan fingerprint density at radius 3 is 2.29 bits per heavy atom. The minimum absolute atomic E-state index is 0.0339. The van der Waals surface area contributed by atoms with Gasteiger partial charge in [-0.05, 0) is 154 Å². The van der Waals surface area contributed by atoms with Gasteiger partial charge in [-0.15, -0.1) is 0 Å². The first-order valence-corrected chi connectivity index (χ1v) is 23.2. The maximum Gasteiger partial charge on any atom is 0.309 e. The van der Waals surface area contributed by atoms with Gasteiger partial charge < -0.3 is 19.7 Å². The number of aliphatic carboxylic acids is 1. The second-order valence-electron chi connectivity index (χ2n) is 22.7. The third kappa shape index (κ3) is 5.69. The average molecular weight is 807 g/mol. The molecule has 0 bridgehead atoms. The molecular formula is C50H70N4O5. The summed E-state index contributed by atoms with van der Waals surface area (Å²) in [6.45, 7) is 24.0. The molecule has 3 heterocycles. The van der Waals surface area contributed by atoms with Crippen molar-refractivity contribution in [1.29, 1.82) is 0 Å². The molecular weight excluding hydrogens is 737 g/mol. The van der Waals surface area contributed by atoms with E-state index in [-0.39, 0.29) is 51.1 Å². The van der Waals surface area contributed by atoms with Crippen molar-refractivity contribution in [2.75, 3.05) is 6.54 Å². The Kier molecular flexibility index (Phi) is 9.54. The van der Waals surface area contributed by atoms with Crippen molar-refractivity contribution in [3.05, 3.63) is 48.7 Å². The fraction of sp³-hybridized carbons (Fsp3) is 0.740. The third-order valence-corrected chi connectivity index (χ3v) is 20.0. The molecule has 2 aromatic rings. The largest absolute Gasteiger partial charge is 0.481 e. The normalized spacial score (nSPS) is 43.0. The van der Waals surface area contributed by atoms with Crippen molar-refractivity contribution in [1.82, 2.24) is 19.9 Å². The molecule has 1 saturated heterocycles. The van der Waals surface area contributed by atoms with Gasteiger partial charge in [-0.25, -0.2) is 4.98 Å². The summed E-state index contributed by atoms with van der Waals surface area (Å²) in [6.07, 6.45) is 18.2. The standard InChI is InChI=1S/C50H70N4O5/c1-29(2)31-14-21-50(44(58)54-26-10-11-36(54)41-52-28-35(53-41)30-17-24-51-25-18-30)23-22-48(8)32(40(31)50)12-13-38-47(7)19-16-39(46(5,6)37(47)15-20-49(38,48)9)59-43(57)34-27-33(42(55)56)45(34,3)4/h17-18,24-25,28,31-34,36-40H,1,10-16,19-23,26-27H2,2-9H3,(H,52,53)(H,55,56)/t31-,32+,33-,34+,36-,37-,38+,39-,40+,47-,48+,49+,50-/m0/s1. The van der Waals surface area contributed by atoms with E-state index >= 15 is 4.79 Å². The summed E-state index contributed by atoms with van der Waals surface area (Å²) >= 11 is 0. The lowest BCUT2D eigenvalue weighted by Gasteiger charge is -2.73. The SMILES string of the molecule is C=C(C)[C@@H]1CC[C@]2(C(=O)N3CCC[C@H]3c3ncc(-c4ccncc4)[nH]3)CC[C@]3(C)[C@H](CC[C@@H]4[C@@]5(C)CC[C@H](OC(=O)[C@H]6C[C@@H](C(=O)O)C6(C)C)C(C)(C)[C@@H]5CC[C@]43C)[C@@H]12. The summed E-state index contributed by atoms with van der Waals surface area (Å²) in [5.41, 5.74) is 2.47. The number of amides is 1. The smallest absolute Gasteiger partial charge is 0.309 e. The predicted octanol–water partition coefficient (Wildman–Crippen LogP) is 10.5. The number of imidazole rings is 1. The number of likely N-dealkylation sites (tertiary alicyclic amines) is 1. The fourth-order valence-electron chi connectivity index (χ4n) is 16.4. The molecule has 13 atom stereocenters. The summed E-state index contributed by atoms with van der Waals surface area (Å²) < 4.78 is 6.47. The summed E-state index contributed by atoms with van der Waals surface area (Å²) in [5.74, 6) is 1.47. The van der Waals surface area contributed by atoms with E-state index in [4.69, 9.17) is 9.72 Å². The lowest BCUT2D eigenvalue weighted by molar-refractivity contribution is -0.251. The fourth-order valence-corrected chi connectivity index (χ4v) is 16.4. The van der Waals surface area contributed by atoms with Crippen LogP contribution in [0, 0.1) is 73.9 Å². The Morgan fingerprint density at radius 2 is 1.59 bits per heavy atom. The molecule has 320 valence electrons. The number of esters is 1. The van der Waals surface area contributed by atoms with Gasteiger partial charge in [-0.1, -0.05) is 60.6 Å². The predicted molar refractivity (Wildman–Crippen MR) is 227 cm³/mol. The van der Waals surface area contributed by atoms with Gasteiger partial charge in [0.15, 0.2) is 0 Å². The molecule has 2 aromatic heterocycles. The first-order chi connectivity index (χ1) is 27.8. The van der Waals surface area contributed by atoms with Crippen LogP contribution in [0.5, 0.6) is 0 Å². The molecule has 0 spiro atoms. The number of ether oxygens (including phenoxy) is 1. The number of nitrogens with zero attached hydrogens (tertiary/aromatic N) is 3. The molecule has 9 rings (SSSR count). The Bertz CT molecular complexity index is 2020. The number of hydrogen-bond donors (Lipinski definition) is 2. The zero-order valence-electron chi connectivity index (χ0n) is 37.1. The highest BCUT2D eigenvalue weighted by molar-refractivity contribution is 5.85. The number of carboxylic acid groups (broad SMARTS) is 1. The maximum absolute atomic E-state index is 15.5. The number of fused-ring (bicyclic) bond motifs is 7. The van der Waals surface area contributed by atoms with Gasteiger partial charge in [0.2, 0.25) is 5.91 Å². The number of aromatic amines is 1. The minimum atomic E-state index is -0.818. The van der Waals surface area contributed by atoms with Gasteiger partial charge in [0.25, 0.3) is 0 Å². The Morgan fingerprint density at radius 1 is 0.847 bits per heavy atom. The van der Waals surface area contributed by atoms with E-state index in [0.717, 1.165) is 94.3 Å². The van der Waals surface area contributed by atoms with Crippen LogP contribution in [0.15, 0.2) is 42.9 Å². The molecule has 7 aliphatic rings. The summed E-state index contributed by atoms with van der Waals surface area (Å²) in [4.78, 5) is 55.9. The van der Waals surface area contributed by atoms with Crippen LogP contribution in [0.4, 0.5) is 0 Å². The van der Waals surface area contributed by atoms with Crippen molar-refractivity contribution in [3.63, 3.8) is 0 Å². The Hall–Kier alpha value is -3.49. The van der Waals surface area contributed by atoms with Crippen LogP contribution < -0.4 is 0 Å². The van der Waals surface area contributed by atoms with Crippen LogP contribution in [-0.4, -0.2) is 55.5 Å². The number of allylic oxidation sites excluding steroid dienone is 1. The molecule has 1 aliphatic heterocycles. The van der Waals surface area contributed by atoms with Gasteiger partial charge in [0, 0.05) is 29.9 Å². The van der Waals surface area contributed by atoms with E-state index in [9.17, 15) is 14.7 Å². The summed E-state index contributed by atoms with van der Waals surface area (Å²) in [7, 11) is 0. The first kappa shape index (κ1) is 40.9. The molecule has 1 amide bonds. The highest BCUT2D eigenvalue weighted by Crippen LogP contribution is 2.78. The zero-order chi connectivity index (χ0) is 42.1. The number of aromatic nitrogens is 3. The van der Waals surface area contributed by atoms with Gasteiger partial charge in [0.1, 0.15) is 11.9 Å². The molecule has 6 saturated carbocycles. The van der Waals surface area contributed by atoms with E-state index in [1.807, 2.05) is 32.2 Å². The van der Waals surface area contributed by atoms with Crippen molar-refractivity contribution in [3.8, 4) is 11.3 Å². The lowest BCUT2D eigenvalue weighted by Crippen LogP contribution is -2.67. The Balaban J connectivity index is 0.968. The Labute approximate surface area is 352 Å². The topological polar surface area (TPSA) is 125 Å². The molecule has 2 N–H and O–H groups in total. The number of nitrogens with one attached hydrogen (secondary N) is 1. The minimum Gasteiger partial charge on any atom is -0.481 e. The van der Waals surface area contributed by atoms with Crippen LogP contribution in [0.25, 0.3) is 11.3 Å². The highest BCUT2D eigenvalue weighted by Gasteiger charge is 2.72.